The summed E-state index contributed by atoms with van der Waals surface area (Å²) in [7, 11) is -1.34. The lowest BCUT2D eigenvalue weighted by molar-refractivity contribution is 0.0270. The first kappa shape index (κ1) is 14.3. The van der Waals surface area contributed by atoms with E-state index in [2.05, 4.69) is 66.3 Å². The van der Waals surface area contributed by atoms with Crippen molar-refractivity contribution in [3.8, 4) is 11.5 Å². The molecule has 1 aliphatic heterocycles. The van der Waals surface area contributed by atoms with E-state index in [4.69, 9.17) is 4.74 Å². The summed E-state index contributed by atoms with van der Waals surface area (Å²) in [5, 5.41) is 0. The molecule has 1 aromatic carbocycles. The van der Waals surface area contributed by atoms with E-state index in [1.807, 2.05) is 0 Å². The molecule has 102 valence electrons. The van der Waals surface area contributed by atoms with E-state index < -0.39 is 8.07 Å². The van der Waals surface area contributed by atoms with Gasteiger partial charge in [-0.1, -0.05) is 55.9 Å². The maximum absolute atomic E-state index is 5.45. The van der Waals surface area contributed by atoms with Crippen LogP contribution in [0.25, 0.3) is 0 Å². The fraction of sp³-hybridized carbons (Fsp3) is 0.500. The zero-order valence-electron chi connectivity index (χ0n) is 12.1. The smallest absolute Gasteiger partial charge is 0.129 e. The van der Waals surface area contributed by atoms with Crippen LogP contribution in [0.15, 0.2) is 30.3 Å². The average molecular weight is 273 g/mol. The van der Waals surface area contributed by atoms with E-state index in [9.17, 15) is 0 Å². The van der Waals surface area contributed by atoms with Gasteiger partial charge in [-0.2, -0.15) is 0 Å². The number of morpholine rings is 1. The summed E-state index contributed by atoms with van der Waals surface area (Å²) in [6.07, 6.45) is 0. The van der Waals surface area contributed by atoms with Crippen LogP contribution in [0.4, 0.5) is 0 Å². The highest BCUT2D eigenvalue weighted by atomic mass is 28.3. The molecule has 0 aliphatic carbocycles. The van der Waals surface area contributed by atoms with E-state index >= 15 is 0 Å². The van der Waals surface area contributed by atoms with E-state index in [1.165, 1.54) is 5.56 Å². The Morgan fingerprint density at radius 3 is 2.32 bits per heavy atom. The molecule has 1 saturated heterocycles. The Balaban J connectivity index is 2.24. The minimum Gasteiger partial charge on any atom is -0.379 e. The Kier molecular flexibility index (Phi) is 4.81. The van der Waals surface area contributed by atoms with Gasteiger partial charge in [-0.15, -0.1) is 5.54 Å². The third-order valence-corrected chi connectivity index (χ3v) is 4.00. The minimum atomic E-state index is -1.34. The Bertz CT molecular complexity index is 449. The lowest BCUT2D eigenvalue weighted by Crippen LogP contribution is -2.38. The molecule has 1 aliphatic rings. The molecule has 0 radical (unpaired) electrons. The normalized spacial score (nSPS) is 18.5. The molecule has 0 aromatic heterocycles. The third-order valence-electron chi connectivity index (χ3n) is 3.11. The van der Waals surface area contributed by atoms with Gasteiger partial charge in [0.05, 0.1) is 19.3 Å². The summed E-state index contributed by atoms with van der Waals surface area (Å²) >= 11 is 0. The molecule has 19 heavy (non-hydrogen) atoms. The van der Waals surface area contributed by atoms with Gasteiger partial charge in [-0.25, -0.2) is 0 Å². The molecule has 3 heteroatoms. The summed E-state index contributed by atoms with van der Waals surface area (Å²) in [5.41, 5.74) is 4.83. The van der Waals surface area contributed by atoms with E-state index in [1.54, 1.807) is 0 Å². The SMILES string of the molecule is C[Si](C)(C)C#CC(c1ccccc1)N1CCOCC1. The van der Waals surface area contributed by atoms with Crippen LogP contribution in [0.2, 0.25) is 19.6 Å². The topological polar surface area (TPSA) is 12.5 Å². The highest BCUT2D eigenvalue weighted by molar-refractivity contribution is 6.83. The molecule has 0 N–H and O–H groups in total. The molecule has 2 nitrogen and oxygen atoms in total. The molecule has 0 spiro atoms. The molecule has 1 fully saturated rings. The van der Waals surface area contributed by atoms with Gasteiger partial charge in [0.15, 0.2) is 0 Å². The first-order valence-electron chi connectivity index (χ1n) is 6.96. The van der Waals surface area contributed by atoms with Gasteiger partial charge in [-0.3, -0.25) is 4.90 Å². The largest absolute Gasteiger partial charge is 0.379 e. The number of hydrogen-bond acceptors (Lipinski definition) is 2. The van der Waals surface area contributed by atoms with Crippen LogP contribution in [0, 0.1) is 11.5 Å². The second kappa shape index (κ2) is 6.38. The fourth-order valence-electron chi connectivity index (χ4n) is 2.14. The molecular formula is C16H23NOSi. The van der Waals surface area contributed by atoms with Crippen molar-refractivity contribution in [2.45, 2.75) is 25.7 Å². The van der Waals surface area contributed by atoms with Crippen molar-refractivity contribution in [2.75, 3.05) is 26.3 Å². The monoisotopic (exact) mass is 273 g/mol. The highest BCUT2D eigenvalue weighted by Gasteiger charge is 2.21. The predicted octanol–water partition coefficient (Wildman–Crippen LogP) is 2.94. The zero-order chi connectivity index (χ0) is 13.7. The van der Waals surface area contributed by atoms with E-state index in [-0.39, 0.29) is 6.04 Å². The molecular weight excluding hydrogens is 250 g/mol. The van der Waals surface area contributed by atoms with Crippen LogP contribution in [0.1, 0.15) is 11.6 Å². The van der Waals surface area contributed by atoms with Crippen molar-refractivity contribution in [2.24, 2.45) is 0 Å². The number of hydrogen-bond donors (Lipinski definition) is 0. The number of benzene rings is 1. The third kappa shape index (κ3) is 4.50. The van der Waals surface area contributed by atoms with Crippen molar-refractivity contribution in [3.05, 3.63) is 35.9 Å². The van der Waals surface area contributed by atoms with Gasteiger partial charge in [0, 0.05) is 13.1 Å². The fourth-order valence-corrected chi connectivity index (χ4v) is 2.71. The second-order valence-corrected chi connectivity index (χ2v) is 10.7. The van der Waals surface area contributed by atoms with Gasteiger partial charge in [-0.05, 0) is 5.56 Å². The van der Waals surface area contributed by atoms with Crippen molar-refractivity contribution in [3.63, 3.8) is 0 Å². The van der Waals surface area contributed by atoms with Crippen LogP contribution < -0.4 is 0 Å². The molecule has 1 atom stereocenters. The Hall–Kier alpha value is -1.08. The van der Waals surface area contributed by atoms with Gasteiger partial charge in [0.25, 0.3) is 0 Å². The molecule has 2 rings (SSSR count). The number of nitrogens with zero attached hydrogens (tertiary/aromatic N) is 1. The summed E-state index contributed by atoms with van der Waals surface area (Å²) in [6.45, 7) is 10.5. The maximum atomic E-state index is 5.45. The van der Waals surface area contributed by atoms with E-state index in [0.29, 0.717) is 0 Å². The van der Waals surface area contributed by atoms with Gasteiger partial charge < -0.3 is 4.74 Å². The lowest BCUT2D eigenvalue weighted by Gasteiger charge is -2.32. The zero-order valence-corrected chi connectivity index (χ0v) is 13.1. The molecule has 0 bridgehead atoms. The van der Waals surface area contributed by atoms with Crippen LogP contribution in [-0.2, 0) is 4.74 Å². The minimum absolute atomic E-state index is 0.219. The van der Waals surface area contributed by atoms with Crippen molar-refractivity contribution < 1.29 is 4.74 Å². The summed E-state index contributed by atoms with van der Waals surface area (Å²) in [6, 6.07) is 10.8. The molecule has 0 saturated carbocycles. The predicted molar refractivity (Wildman–Crippen MR) is 82.7 cm³/mol. The van der Waals surface area contributed by atoms with Crippen LogP contribution in [-0.4, -0.2) is 39.3 Å². The quantitative estimate of drug-likeness (QED) is 0.607. The summed E-state index contributed by atoms with van der Waals surface area (Å²) in [4.78, 5) is 2.44. The van der Waals surface area contributed by atoms with E-state index in [0.717, 1.165) is 26.3 Å². The molecule has 1 aromatic rings. The van der Waals surface area contributed by atoms with Crippen LogP contribution in [0.5, 0.6) is 0 Å². The van der Waals surface area contributed by atoms with Crippen molar-refractivity contribution in [1.82, 2.24) is 4.90 Å². The average Bonchev–Trinajstić information content (AvgIpc) is 2.40. The first-order valence-corrected chi connectivity index (χ1v) is 10.5. The van der Waals surface area contributed by atoms with Crippen LogP contribution >= 0.6 is 0 Å². The number of ether oxygens (including phenoxy) is 1. The number of rotatable bonds is 2. The maximum Gasteiger partial charge on any atom is 0.129 e. The summed E-state index contributed by atoms with van der Waals surface area (Å²) < 4.78 is 5.45. The Morgan fingerprint density at radius 1 is 1.11 bits per heavy atom. The second-order valence-electron chi connectivity index (χ2n) is 5.98. The Morgan fingerprint density at radius 2 is 1.74 bits per heavy atom. The molecule has 0 amide bonds. The summed E-state index contributed by atoms with van der Waals surface area (Å²) in [5.74, 6) is 3.53. The van der Waals surface area contributed by atoms with Gasteiger partial charge >= 0.3 is 0 Å². The van der Waals surface area contributed by atoms with Gasteiger partial charge in [0.2, 0.25) is 0 Å². The molecule has 1 unspecified atom stereocenters. The standard InChI is InChI=1S/C16H23NOSi/c1-19(2,3)14-9-16(15-7-5-4-6-8-15)17-10-12-18-13-11-17/h4-8,16H,10-13H2,1-3H3. The van der Waals surface area contributed by atoms with Crippen LogP contribution in [0.3, 0.4) is 0 Å². The van der Waals surface area contributed by atoms with Crippen molar-refractivity contribution >= 4 is 8.07 Å². The first-order chi connectivity index (χ1) is 9.06. The highest BCUT2D eigenvalue weighted by Crippen LogP contribution is 2.21. The van der Waals surface area contributed by atoms with Gasteiger partial charge in [0.1, 0.15) is 8.07 Å². The Labute approximate surface area is 117 Å². The lowest BCUT2D eigenvalue weighted by atomic mass is 10.1. The van der Waals surface area contributed by atoms with Crippen molar-refractivity contribution in [1.29, 1.82) is 0 Å². The molecule has 1 heterocycles.